The fourth-order valence-electron chi connectivity index (χ4n) is 3.86. The van der Waals surface area contributed by atoms with Gasteiger partial charge in [-0.05, 0) is 24.1 Å². The highest BCUT2D eigenvalue weighted by Crippen LogP contribution is 2.21. The second-order valence-corrected chi connectivity index (χ2v) is 7.86. The second kappa shape index (κ2) is 8.83. The molecule has 4 aliphatic heterocycles. The van der Waals surface area contributed by atoms with Crippen molar-refractivity contribution in [1.29, 1.82) is 5.26 Å². The molecule has 33 heavy (non-hydrogen) atoms. The van der Waals surface area contributed by atoms with Crippen molar-refractivity contribution in [3.05, 3.63) is 65.6 Å². The van der Waals surface area contributed by atoms with Gasteiger partial charge in [0.15, 0.2) is 12.5 Å². The summed E-state index contributed by atoms with van der Waals surface area (Å²) in [6, 6.07) is 6.24. The summed E-state index contributed by atoms with van der Waals surface area (Å²) in [5.74, 6) is -0.404. The molecule has 1 amide bonds. The Morgan fingerprint density at radius 2 is 2.12 bits per heavy atom. The molecule has 5 N–H and O–H groups in total. The highest BCUT2D eigenvalue weighted by Gasteiger charge is 2.28. The molecule has 11 nitrogen and oxygen atoms in total. The molecule has 0 atom stereocenters. The average molecular weight is 449 g/mol. The molecule has 0 bridgehead atoms. The van der Waals surface area contributed by atoms with E-state index in [0.717, 1.165) is 11.4 Å². The Labute approximate surface area is 189 Å². The van der Waals surface area contributed by atoms with Crippen molar-refractivity contribution in [2.75, 3.05) is 13.1 Å². The third-order valence-electron chi connectivity index (χ3n) is 5.65. The number of carbonyl (C=O) groups is 1. The van der Waals surface area contributed by atoms with Crippen LogP contribution >= 0.6 is 0 Å². The molecule has 0 radical (unpaired) electrons. The van der Waals surface area contributed by atoms with Gasteiger partial charge >= 0.3 is 0 Å². The van der Waals surface area contributed by atoms with Crippen LogP contribution in [-0.4, -0.2) is 52.6 Å². The molecular formula is C21H22FN10O+. The van der Waals surface area contributed by atoms with Crippen molar-refractivity contribution in [2.45, 2.75) is 12.7 Å². The number of rotatable bonds is 4. The van der Waals surface area contributed by atoms with Gasteiger partial charge in [0.25, 0.3) is 0 Å². The molecule has 4 heterocycles. The molecule has 5 rings (SSSR count). The van der Waals surface area contributed by atoms with Crippen molar-refractivity contribution in [2.24, 2.45) is 11.0 Å². The zero-order valence-corrected chi connectivity index (χ0v) is 17.5. The van der Waals surface area contributed by atoms with Crippen LogP contribution in [0.3, 0.4) is 0 Å². The van der Waals surface area contributed by atoms with E-state index in [0.29, 0.717) is 25.1 Å². The maximum Gasteiger partial charge on any atom is 0.231 e. The van der Waals surface area contributed by atoms with Gasteiger partial charge in [0.05, 0.1) is 11.8 Å². The summed E-state index contributed by atoms with van der Waals surface area (Å²) >= 11 is 0. The smallest absolute Gasteiger partial charge is 0.231 e. The third-order valence-corrected chi connectivity index (χ3v) is 5.65. The number of hydrazone groups is 1. The molecular weight excluding hydrogens is 427 g/mol. The number of halogens is 1. The Kier molecular flexibility index (Phi) is 5.57. The minimum absolute atomic E-state index is 0.00616. The lowest BCUT2D eigenvalue weighted by atomic mass is 10.0. The van der Waals surface area contributed by atoms with E-state index in [-0.39, 0.29) is 23.7 Å². The number of nitriles is 1. The number of amides is 1. The maximum absolute atomic E-state index is 13.6. The van der Waals surface area contributed by atoms with Crippen LogP contribution in [0.25, 0.3) is 5.70 Å². The Morgan fingerprint density at radius 1 is 1.27 bits per heavy atom. The number of carbonyl (C=O) groups excluding carboxylic acids is 1. The van der Waals surface area contributed by atoms with E-state index in [9.17, 15) is 9.18 Å². The molecule has 4 aliphatic rings. The molecule has 0 aliphatic carbocycles. The number of nitrogens with one attached hydrogen (secondary N) is 5. The number of fused-ring (bicyclic) bond motifs is 1. The standard InChI is InChI=1S/C21H21FN10O/c22-18-2-1-15(6-16(18)7-23)19-12-30-3-4-31(11-17(30)10-24-19)20(33)5-14-8-25-21(26-9-14)32-13-27-28-29-32/h1-4,6,10-14,21,25-26,28-29H,5,8-9H2/p+1. The highest BCUT2D eigenvalue weighted by atomic mass is 19.1. The van der Waals surface area contributed by atoms with Gasteiger partial charge in [0.1, 0.15) is 23.9 Å². The van der Waals surface area contributed by atoms with Crippen LogP contribution in [0, 0.1) is 23.1 Å². The average Bonchev–Trinajstić information content (AvgIpc) is 3.39. The first-order valence-corrected chi connectivity index (χ1v) is 10.4. The van der Waals surface area contributed by atoms with E-state index >= 15 is 0 Å². The van der Waals surface area contributed by atoms with E-state index in [2.05, 4.69) is 31.8 Å². The first-order chi connectivity index (χ1) is 16.1. The summed E-state index contributed by atoms with van der Waals surface area (Å²) in [4.78, 5) is 19.4. The molecule has 1 aromatic carbocycles. The van der Waals surface area contributed by atoms with E-state index < -0.39 is 5.82 Å². The zero-order chi connectivity index (χ0) is 22.8. The number of hydrogen-bond donors (Lipinski definition) is 5. The summed E-state index contributed by atoms with van der Waals surface area (Å²) in [6.45, 7) is 1.38. The normalized spacial score (nSPS) is 23.6. The number of nitrogens with zero attached hydrogens (tertiary/aromatic N) is 5. The molecule has 0 saturated carbocycles. The number of benzene rings is 1. The topological polar surface area (TPSA) is 125 Å². The van der Waals surface area contributed by atoms with Crippen molar-refractivity contribution in [1.82, 2.24) is 36.5 Å². The summed E-state index contributed by atoms with van der Waals surface area (Å²) in [5.41, 5.74) is 7.70. The van der Waals surface area contributed by atoms with Gasteiger partial charge in [-0.3, -0.25) is 20.3 Å². The van der Waals surface area contributed by atoms with Crippen LogP contribution < -0.4 is 26.7 Å². The van der Waals surface area contributed by atoms with Crippen molar-refractivity contribution in [3.8, 4) is 6.07 Å². The van der Waals surface area contributed by atoms with Crippen LogP contribution in [0.15, 0.2) is 53.8 Å². The zero-order valence-electron chi connectivity index (χ0n) is 17.5. The molecule has 12 heteroatoms. The molecule has 1 saturated heterocycles. The summed E-state index contributed by atoms with van der Waals surface area (Å²) in [7, 11) is 0. The van der Waals surface area contributed by atoms with Gasteiger partial charge < -0.3 is 4.90 Å². The van der Waals surface area contributed by atoms with E-state index in [1.54, 1.807) is 47.1 Å². The van der Waals surface area contributed by atoms with Crippen LogP contribution in [0.5, 0.6) is 0 Å². The summed E-state index contributed by atoms with van der Waals surface area (Å²) in [6.07, 6.45) is 10.8. The molecule has 1 fully saturated rings. The lowest BCUT2D eigenvalue weighted by Crippen LogP contribution is -2.68. The monoisotopic (exact) mass is 449 g/mol. The van der Waals surface area contributed by atoms with E-state index in [4.69, 9.17) is 5.26 Å². The lowest BCUT2D eigenvalue weighted by Gasteiger charge is -2.35. The molecule has 1 aromatic rings. The Hall–Kier alpha value is -4.05. The van der Waals surface area contributed by atoms with E-state index in [1.165, 1.54) is 12.1 Å². The van der Waals surface area contributed by atoms with Crippen molar-refractivity contribution >= 4 is 24.2 Å². The summed E-state index contributed by atoms with van der Waals surface area (Å²) < 4.78 is 13.6. The molecule has 168 valence electrons. The van der Waals surface area contributed by atoms with Gasteiger partial charge in [-0.2, -0.15) is 10.4 Å². The third kappa shape index (κ3) is 4.33. The van der Waals surface area contributed by atoms with Crippen molar-refractivity contribution < 1.29 is 14.2 Å². The largest absolute Gasteiger partial charge is 0.310 e. The van der Waals surface area contributed by atoms with Crippen LogP contribution in [0.4, 0.5) is 4.39 Å². The first-order valence-electron chi connectivity index (χ1n) is 10.4. The van der Waals surface area contributed by atoms with Crippen LogP contribution in [0.1, 0.15) is 17.5 Å². The van der Waals surface area contributed by atoms with E-state index in [1.807, 2.05) is 17.2 Å². The van der Waals surface area contributed by atoms with Crippen LogP contribution in [-0.2, 0) is 4.79 Å². The van der Waals surface area contributed by atoms with Gasteiger partial charge in [0, 0.05) is 43.7 Å². The molecule has 0 unspecified atom stereocenters. The minimum atomic E-state index is -0.549. The SMILES string of the molecule is N#Cc1cc(C2=CN3C=CN(C(=O)CC4CNC(N5C=NNN5)NC4)C=C3C=[NH+]2)ccc1F. The lowest BCUT2D eigenvalue weighted by molar-refractivity contribution is -0.340. The Bertz CT molecular complexity index is 1140. The minimum Gasteiger partial charge on any atom is -0.310 e. The van der Waals surface area contributed by atoms with Gasteiger partial charge in [-0.15, -0.1) is 5.53 Å². The predicted molar refractivity (Wildman–Crippen MR) is 117 cm³/mol. The number of hydrazine groups is 2. The number of hydrogen-bond acceptors (Lipinski definition) is 9. The fraction of sp³-hybridized carbons (Fsp3) is 0.238. The Balaban J connectivity index is 1.19. The highest BCUT2D eigenvalue weighted by molar-refractivity contribution is 5.83. The summed E-state index contributed by atoms with van der Waals surface area (Å²) in [5, 5.41) is 21.4. The van der Waals surface area contributed by atoms with Crippen LogP contribution in [0.2, 0.25) is 0 Å². The fourth-order valence-corrected chi connectivity index (χ4v) is 3.86. The maximum atomic E-state index is 13.6. The molecule has 0 spiro atoms. The first kappa shape index (κ1) is 20.8. The predicted octanol–water partition coefficient (Wildman–Crippen LogP) is -1.63. The van der Waals surface area contributed by atoms with Gasteiger partial charge in [0.2, 0.25) is 11.6 Å². The quantitative estimate of drug-likeness (QED) is 0.371. The second-order valence-electron chi connectivity index (χ2n) is 7.86. The van der Waals surface area contributed by atoms with Gasteiger partial charge in [-0.1, -0.05) is 0 Å². The molecule has 0 aromatic heterocycles. The van der Waals surface area contributed by atoms with Crippen molar-refractivity contribution in [3.63, 3.8) is 0 Å². The Morgan fingerprint density at radius 3 is 2.88 bits per heavy atom. The van der Waals surface area contributed by atoms with Gasteiger partial charge in [-0.25, -0.2) is 19.9 Å². The number of allylic oxidation sites excluding steroid dienone is 1.